The van der Waals surface area contributed by atoms with Gasteiger partial charge in [0.15, 0.2) is 0 Å². The standard InChI is InChI=1S/C9H13N3OS/c1-14-9-4-10-3-8(12-9)11-7-2-6(7)5-13/h3-4,6-7,13H,2,5H2,1H3,(H,11,12). The second kappa shape index (κ2) is 4.14. The van der Waals surface area contributed by atoms with Crippen LogP contribution in [0, 0.1) is 5.92 Å². The second-order valence-electron chi connectivity index (χ2n) is 3.38. The number of hydrogen-bond donors (Lipinski definition) is 2. The first-order valence-corrected chi connectivity index (χ1v) is 5.79. The molecule has 1 fully saturated rings. The maximum absolute atomic E-state index is 8.88. The van der Waals surface area contributed by atoms with Crippen molar-refractivity contribution in [3.63, 3.8) is 0 Å². The number of aromatic nitrogens is 2. The van der Waals surface area contributed by atoms with Crippen LogP contribution in [0.2, 0.25) is 0 Å². The van der Waals surface area contributed by atoms with Crippen molar-refractivity contribution < 1.29 is 5.11 Å². The summed E-state index contributed by atoms with van der Waals surface area (Å²) < 4.78 is 0. The van der Waals surface area contributed by atoms with Crippen molar-refractivity contribution in [1.82, 2.24) is 9.97 Å². The van der Waals surface area contributed by atoms with E-state index >= 15 is 0 Å². The van der Waals surface area contributed by atoms with E-state index in [0.29, 0.717) is 12.0 Å². The van der Waals surface area contributed by atoms with Crippen molar-refractivity contribution in [2.45, 2.75) is 17.5 Å². The number of rotatable bonds is 4. The zero-order valence-corrected chi connectivity index (χ0v) is 8.79. The van der Waals surface area contributed by atoms with Crippen LogP contribution in [0.4, 0.5) is 5.82 Å². The van der Waals surface area contributed by atoms with Crippen LogP contribution in [0.1, 0.15) is 6.42 Å². The highest BCUT2D eigenvalue weighted by Crippen LogP contribution is 2.32. The first kappa shape index (κ1) is 9.73. The number of aliphatic hydroxyl groups excluding tert-OH is 1. The van der Waals surface area contributed by atoms with Gasteiger partial charge in [-0.15, -0.1) is 11.8 Å². The fourth-order valence-corrected chi connectivity index (χ4v) is 1.69. The van der Waals surface area contributed by atoms with Gasteiger partial charge in [0.1, 0.15) is 10.8 Å². The molecule has 2 atom stereocenters. The predicted octanol–water partition coefficient (Wildman–Crippen LogP) is 0.991. The molecule has 0 saturated heterocycles. The molecule has 76 valence electrons. The lowest BCUT2D eigenvalue weighted by Crippen LogP contribution is -2.08. The van der Waals surface area contributed by atoms with E-state index in [1.54, 1.807) is 24.2 Å². The molecule has 0 amide bonds. The van der Waals surface area contributed by atoms with Crippen molar-refractivity contribution >= 4 is 17.6 Å². The Labute approximate surface area is 87.2 Å². The minimum absolute atomic E-state index is 0.257. The molecule has 5 heteroatoms. The van der Waals surface area contributed by atoms with Crippen LogP contribution >= 0.6 is 11.8 Å². The van der Waals surface area contributed by atoms with Crippen molar-refractivity contribution in [1.29, 1.82) is 0 Å². The summed E-state index contributed by atoms with van der Waals surface area (Å²) in [4.78, 5) is 8.43. The summed E-state index contributed by atoms with van der Waals surface area (Å²) >= 11 is 1.57. The van der Waals surface area contributed by atoms with Gasteiger partial charge < -0.3 is 10.4 Å². The Balaban J connectivity index is 1.96. The monoisotopic (exact) mass is 211 g/mol. The van der Waals surface area contributed by atoms with Gasteiger partial charge in [0.2, 0.25) is 0 Å². The van der Waals surface area contributed by atoms with E-state index < -0.39 is 0 Å². The van der Waals surface area contributed by atoms with Crippen LogP contribution in [-0.2, 0) is 0 Å². The van der Waals surface area contributed by atoms with Crippen LogP contribution in [0.3, 0.4) is 0 Å². The normalized spacial score (nSPS) is 24.7. The zero-order valence-electron chi connectivity index (χ0n) is 7.97. The molecule has 2 unspecified atom stereocenters. The summed E-state index contributed by atoms with van der Waals surface area (Å²) in [5.74, 6) is 1.20. The minimum Gasteiger partial charge on any atom is -0.396 e. The minimum atomic E-state index is 0.257. The fraction of sp³-hybridized carbons (Fsp3) is 0.556. The Morgan fingerprint density at radius 2 is 2.50 bits per heavy atom. The Kier molecular flexibility index (Phi) is 2.88. The Hall–Kier alpha value is -0.810. The molecule has 1 aliphatic rings. The molecule has 1 aliphatic carbocycles. The second-order valence-corrected chi connectivity index (χ2v) is 4.20. The Morgan fingerprint density at radius 3 is 3.14 bits per heavy atom. The number of anilines is 1. The van der Waals surface area contributed by atoms with Crippen molar-refractivity contribution in [3.8, 4) is 0 Å². The van der Waals surface area contributed by atoms with Gasteiger partial charge in [-0.3, -0.25) is 4.98 Å². The van der Waals surface area contributed by atoms with Gasteiger partial charge in [0.25, 0.3) is 0 Å². The fourth-order valence-electron chi connectivity index (χ4n) is 1.33. The Morgan fingerprint density at radius 1 is 1.64 bits per heavy atom. The van der Waals surface area contributed by atoms with E-state index in [4.69, 9.17) is 5.11 Å². The van der Waals surface area contributed by atoms with Gasteiger partial charge in [-0.25, -0.2) is 4.98 Å². The molecule has 2 rings (SSSR count). The molecule has 1 saturated carbocycles. The zero-order chi connectivity index (χ0) is 9.97. The topological polar surface area (TPSA) is 58.0 Å². The maximum atomic E-state index is 8.88. The highest BCUT2D eigenvalue weighted by Gasteiger charge is 2.36. The van der Waals surface area contributed by atoms with Crippen LogP contribution in [0.5, 0.6) is 0 Å². The number of thioether (sulfide) groups is 1. The first-order chi connectivity index (χ1) is 6.83. The van der Waals surface area contributed by atoms with Gasteiger partial charge in [-0.2, -0.15) is 0 Å². The molecule has 4 nitrogen and oxygen atoms in total. The lowest BCUT2D eigenvalue weighted by Gasteiger charge is -2.04. The van der Waals surface area contributed by atoms with E-state index in [0.717, 1.165) is 17.3 Å². The number of nitrogens with one attached hydrogen (secondary N) is 1. The smallest absolute Gasteiger partial charge is 0.146 e. The van der Waals surface area contributed by atoms with Crippen LogP contribution in [-0.4, -0.2) is 34.0 Å². The van der Waals surface area contributed by atoms with Crippen molar-refractivity contribution in [2.24, 2.45) is 5.92 Å². The molecule has 0 radical (unpaired) electrons. The quantitative estimate of drug-likeness (QED) is 0.727. The number of aliphatic hydroxyl groups is 1. The third kappa shape index (κ3) is 2.16. The van der Waals surface area contributed by atoms with Gasteiger partial charge in [-0.1, -0.05) is 0 Å². The van der Waals surface area contributed by atoms with E-state index in [9.17, 15) is 0 Å². The SMILES string of the molecule is CSc1cncc(NC2CC2CO)n1. The largest absolute Gasteiger partial charge is 0.396 e. The summed E-state index contributed by atoms with van der Waals surface area (Å²) in [5.41, 5.74) is 0. The molecule has 0 bridgehead atoms. The molecule has 0 spiro atoms. The summed E-state index contributed by atoms with van der Waals surface area (Å²) in [7, 11) is 0. The summed E-state index contributed by atoms with van der Waals surface area (Å²) in [6, 6.07) is 0.381. The van der Waals surface area contributed by atoms with Gasteiger partial charge in [0.05, 0.1) is 12.4 Å². The average Bonchev–Trinajstić information content (AvgIpc) is 2.97. The van der Waals surface area contributed by atoms with Gasteiger partial charge >= 0.3 is 0 Å². The maximum Gasteiger partial charge on any atom is 0.146 e. The molecular formula is C9H13N3OS. The number of nitrogens with zero attached hydrogens (tertiary/aromatic N) is 2. The third-order valence-corrected chi connectivity index (χ3v) is 2.93. The average molecular weight is 211 g/mol. The molecule has 2 N–H and O–H groups in total. The summed E-state index contributed by atoms with van der Waals surface area (Å²) in [6.45, 7) is 0.257. The van der Waals surface area contributed by atoms with Gasteiger partial charge in [-0.05, 0) is 12.7 Å². The Bertz CT molecular complexity index is 321. The molecule has 1 heterocycles. The predicted molar refractivity (Wildman–Crippen MR) is 56.4 cm³/mol. The first-order valence-electron chi connectivity index (χ1n) is 4.57. The van der Waals surface area contributed by atoms with Crippen molar-refractivity contribution in [3.05, 3.63) is 12.4 Å². The molecule has 0 aromatic carbocycles. The lowest BCUT2D eigenvalue weighted by atomic mass is 10.4. The molecule has 1 aromatic heterocycles. The molecular weight excluding hydrogens is 198 g/mol. The van der Waals surface area contributed by atoms with Crippen LogP contribution in [0.15, 0.2) is 17.4 Å². The molecule has 0 aliphatic heterocycles. The molecule has 1 aromatic rings. The van der Waals surface area contributed by atoms with Gasteiger partial charge in [0, 0.05) is 18.6 Å². The van der Waals surface area contributed by atoms with E-state index in [2.05, 4.69) is 15.3 Å². The third-order valence-electron chi connectivity index (χ3n) is 2.31. The highest BCUT2D eigenvalue weighted by molar-refractivity contribution is 7.98. The van der Waals surface area contributed by atoms with Crippen molar-refractivity contribution in [2.75, 3.05) is 18.2 Å². The van der Waals surface area contributed by atoms with Crippen LogP contribution in [0.25, 0.3) is 0 Å². The lowest BCUT2D eigenvalue weighted by molar-refractivity contribution is 0.275. The van der Waals surface area contributed by atoms with E-state index in [1.807, 2.05) is 6.26 Å². The van der Waals surface area contributed by atoms with E-state index in [-0.39, 0.29) is 6.61 Å². The molecule has 14 heavy (non-hydrogen) atoms. The highest BCUT2D eigenvalue weighted by atomic mass is 32.2. The summed E-state index contributed by atoms with van der Waals surface area (Å²) in [5, 5.41) is 13.0. The summed E-state index contributed by atoms with van der Waals surface area (Å²) in [6.07, 6.45) is 6.46. The number of hydrogen-bond acceptors (Lipinski definition) is 5. The van der Waals surface area contributed by atoms with Crippen LogP contribution < -0.4 is 5.32 Å². The van der Waals surface area contributed by atoms with E-state index in [1.165, 1.54) is 0 Å².